The zero-order valence-corrected chi connectivity index (χ0v) is 22.9. The maximum absolute atomic E-state index is 13.9. The average molecular weight is 500 g/mol. The Morgan fingerprint density at radius 1 is 1.14 bits per heavy atom. The van der Waals surface area contributed by atoms with Gasteiger partial charge in [0.05, 0.1) is 0 Å². The highest BCUT2D eigenvalue weighted by molar-refractivity contribution is 5.92. The van der Waals surface area contributed by atoms with E-state index in [1.54, 1.807) is 32.9 Å². The van der Waals surface area contributed by atoms with Crippen LogP contribution in [-0.2, 0) is 14.3 Å². The molecule has 7 nitrogen and oxygen atoms in total. The van der Waals surface area contributed by atoms with Crippen molar-refractivity contribution in [2.45, 2.75) is 84.9 Å². The highest BCUT2D eigenvalue weighted by Crippen LogP contribution is 2.25. The first-order valence-electron chi connectivity index (χ1n) is 12.8. The number of carbonyl (C=O) groups excluding carboxylic acids is 3. The number of alkyl carbamates (subject to hydrolysis) is 1. The van der Waals surface area contributed by atoms with Crippen molar-refractivity contribution in [3.63, 3.8) is 0 Å². The molecule has 36 heavy (non-hydrogen) atoms. The topological polar surface area (TPSA) is 87.7 Å². The van der Waals surface area contributed by atoms with Crippen LogP contribution in [0.2, 0.25) is 0 Å². The number of nitrogens with one attached hydrogen (secondary N) is 2. The normalized spacial score (nSPS) is 12.9. The van der Waals surface area contributed by atoms with Crippen LogP contribution < -0.4 is 10.6 Å². The van der Waals surface area contributed by atoms with Crippen molar-refractivity contribution in [3.8, 4) is 0 Å². The third-order valence-electron chi connectivity index (χ3n) is 5.41. The van der Waals surface area contributed by atoms with E-state index in [9.17, 15) is 14.4 Å². The van der Waals surface area contributed by atoms with Crippen LogP contribution in [0.5, 0.6) is 0 Å². The van der Waals surface area contributed by atoms with E-state index in [4.69, 9.17) is 4.74 Å². The quantitative estimate of drug-likeness (QED) is 0.256. The van der Waals surface area contributed by atoms with Gasteiger partial charge < -0.3 is 20.3 Å². The summed E-state index contributed by atoms with van der Waals surface area (Å²) in [6.45, 7) is 19.6. The lowest BCUT2D eigenvalue weighted by atomic mass is 9.98. The molecular weight excluding hydrogens is 454 g/mol. The maximum atomic E-state index is 13.9. The second-order valence-corrected chi connectivity index (χ2v) is 10.4. The van der Waals surface area contributed by atoms with Gasteiger partial charge in [-0.15, -0.1) is 6.58 Å². The van der Waals surface area contributed by atoms with E-state index in [2.05, 4.69) is 30.7 Å². The molecular formula is C29H45N3O4. The summed E-state index contributed by atoms with van der Waals surface area (Å²) in [6, 6.07) is 5.64. The van der Waals surface area contributed by atoms with Gasteiger partial charge in [-0.05, 0) is 56.7 Å². The van der Waals surface area contributed by atoms with Crippen LogP contribution in [0.15, 0.2) is 43.5 Å². The zero-order chi connectivity index (χ0) is 27.3. The number of unbranched alkanes of at least 4 members (excludes halogenated alkanes) is 2. The first-order valence-corrected chi connectivity index (χ1v) is 12.8. The molecule has 7 heteroatoms. The lowest BCUT2D eigenvalue weighted by Crippen LogP contribution is -2.53. The summed E-state index contributed by atoms with van der Waals surface area (Å²) in [5, 5.41) is 5.73. The molecule has 0 aromatic heterocycles. The van der Waals surface area contributed by atoms with Crippen LogP contribution in [0.4, 0.5) is 4.79 Å². The van der Waals surface area contributed by atoms with E-state index in [-0.39, 0.29) is 24.3 Å². The Kier molecular flexibility index (Phi) is 13.0. The number of rotatable bonds is 14. The molecule has 0 aliphatic heterocycles. The van der Waals surface area contributed by atoms with Gasteiger partial charge in [-0.2, -0.15) is 0 Å². The molecule has 3 amide bonds. The summed E-state index contributed by atoms with van der Waals surface area (Å²) in [5.74, 6) is -0.528. The van der Waals surface area contributed by atoms with Crippen molar-refractivity contribution in [3.05, 3.63) is 54.6 Å². The van der Waals surface area contributed by atoms with E-state index in [0.29, 0.717) is 18.5 Å². The fraction of sp³-hybridized carbons (Fsp3) is 0.552. The predicted molar refractivity (Wildman–Crippen MR) is 146 cm³/mol. The minimum atomic E-state index is -0.896. The summed E-state index contributed by atoms with van der Waals surface area (Å²) in [7, 11) is 0. The van der Waals surface area contributed by atoms with E-state index in [1.807, 2.05) is 38.1 Å². The Hall–Kier alpha value is -3.09. The highest BCUT2D eigenvalue weighted by Gasteiger charge is 2.36. The Morgan fingerprint density at radius 2 is 1.83 bits per heavy atom. The fourth-order valence-corrected chi connectivity index (χ4v) is 3.82. The molecule has 0 aliphatic rings. The van der Waals surface area contributed by atoms with E-state index in [1.165, 1.54) is 4.90 Å². The van der Waals surface area contributed by atoms with Gasteiger partial charge in [0.1, 0.15) is 17.7 Å². The van der Waals surface area contributed by atoms with Crippen LogP contribution in [0, 0.1) is 5.92 Å². The van der Waals surface area contributed by atoms with Crippen molar-refractivity contribution in [1.82, 2.24) is 15.5 Å². The van der Waals surface area contributed by atoms with E-state index >= 15 is 0 Å². The molecule has 0 spiro atoms. The SMILES string of the molecule is C=CCN(C(=O)C(CC(C)C)NC(=O)OC(C)(C)C)C(C(=O)NCCCCC)c1cccc(C=C)c1. The molecule has 1 aromatic rings. The Balaban J connectivity index is 3.41. The number of nitrogens with zero attached hydrogens (tertiary/aromatic N) is 1. The van der Waals surface area contributed by atoms with Gasteiger partial charge in [-0.3, -0.25) is 9.59 Å². The first-order chi connectivity index (χ1) is 16.9. The van der Waals surface area contributed by atoms with Crippen molar-refractivity contribution < 1.29 is 19.1 Å². The van der Waals surface area contributed by atoms with Crippen molar-refractivity contribution in [2.24, 2.45) is 5.92 Å². The minimum absolute atomic E-state index is 0.116. The summed E-state index contributed by atoms with van der Waals surface area (Å²) < 4.78 is 5.41. The van der Waals surface area contributed by atoms with Crippen LogP contribution in [0.1, 0.15) is 84.4 Å². The summed E-state index contributed by atoms with van der Waals surface area (Å²) >= 11 is 0. The summed E-state index contributed by atoms with van der Waals surface area (Å²) in [5.41, 5.74) is 0.798. The zero-order valence-electron chi connectivity index (χ0n) is 22.9. The first kappa shape index (κ1) is 30.9. The van der Waals surface area contributed by atoms with E-state index < -0.39 is 23.8 Å². The second kappa shape index (κ2) is 15.1. The number of amides is 3. The standard InChI is InChI=1S/C29H45N3O4/c1-9-12-13-17-30-26(33)25(23-16-14-15-22(11-3)20-23)32(18-10-2)27(34)24(19-21(4)5)31-28(35)36-29(6,7)8/h10-11,14-16,20-21,24-25H,2-3,9,12-13,17-19H2,1,4-8H3,(H,30,33)(H,31,35). The predicted octanol–water partition coefficient (Wildman–Crippen LogP) is 5.63. The second-order valence-electron chi connectivity index (χ2n) is 10.4. The summed E-state index contributed by atoms with van der Waals surface area (Å²) in [6.07, 6.45) is 5.90. The van der Waals surface area contributed by atoms with Gasteiger partial charge in [0, 0.05) is 13.1 Å². The average Bonchev–Trinajstić information content (AvgIpc) is 2.79. The smallest absolute Gasteiger partial charge is 0.408 e. The molecule has 0 saturated heterocycles. The third kappa shape index (κ3) is 10.7. The molecule has 2 N–H and O–H groups in total. The van der Waals surface area contributed by atoms with Crippen LogP contribution in [-0.4, -0.2) is 47.5 Å². The van der Waals surface area contributed by atoms with Crippen LogP contribution >= 0.6 is 0 Å². The molecule has 2 unspecified atom stereocenters. The van der Waals surface area contributed by atoms with Gasteiger partial charge in [0.25, 0.3) is 0 Å². The lowest BCUT2D eigenvalue weighted by Gasteiger charge is -2.34. The largest absolute Gasteiger partial charge is 0.444 e. The van der Waals surface area contributed by atoms with Gasteiger partial charge in [-0.25, -0.2) is 4.79 Å². The van der Waals surface area contributed by atoms with Gasteiger partial charge in [0.2, 0.25) is 11.8 Å². The van der Waals surface area contributed by atoms with Crippen LogP contribution in [0.3, 0.4) is 0 Å². The Bertz CT molecular complexity index is 889. The molecule has 0 fully saturated rings. The van der Waals surface area contributed by atoms with Gasteiger partial charge in [0.15, 0.2) is 0 Å². The van der Waals surface area contributed by atoms with Gasteiger partial charge in [-0.1, -0.05) is 70.5 Å². The monoisotopic (exact) mass is 499 g/mol. The molecule has 2 atom stereocenters. The minimum Gasteiger partial charge on any atom is -0.444 e. The number of hydrogen-bond donors (Lipinski definition) is 2. The molecule has 1 rings (SSSR count). The molecule has 0 radical (unpaired) electrons. The van der Waals surface area contributed by atoms with E-state index in [0.717, 1.165) is 24.8 Å². The number of hydrogen-bond acceptors (Lipinski definition) is 4. The molecule has 0 heterocycles. The maximum Gasteiger partial charge on any atom is 0.408 e. The molecule has 0 aliphatic carbocycles. The summed E-state index contributed by atoms with van der Waals surface area (Å²) in [4.78, 5) is 41.5. The number of benzene rings is 1. The Morgan fingerprint density at radius 3 is 2.39 bits per heavy atom. The lowest BCUT2D eigenvalue weighted by molar-refractivity contribution is -0.142. The Labute approximate surface area is 217 Å². The third-order valence-corrected chi connectivity index (χ3v) is 5.41. The molecule has 0 bridgehead atoms. The van der Waals surface area contributed by atoms with Crippen molar-refractivity contribution in [2.75, 3.05) is 13.1 Å². The van der Waals surface area contributed by atoms with Gasteiger partial charge >= 0.3 is 6.09 Å². The van der Waals surface area contributed by atoms with Crippen LogP contribution in [0.25, 0.3) is 6.08 Å². The number of ether oxygens (including phenoxy) is 1. The molecule has 1 aromatic carbocycles. The van der Waals surface area contributed by atoms with Crippen molar-refractivity contribution in [1.29, 1.82) is 0 Å². The number of carbonyl (C=O) groups is 3. The molecule has 200 valence electrons. The molecule has 0 saturated carbocycles. The highest BCUT2D eigenvalue weighted by atomic mass is 16.6. The fourth-order valence-electron chi connectivity index (χ4n) is 3.82. The van der Waals surface area contributed by atoms with Crippen molar-refractivity contribution >= 4 is 24.0 Å².